The van der Waals surface area contributed by atoms with Crippen molar-refractivity contribution in [1.82, 2.24) is 0 Å². The number of benzene rings is 1. The minimum Gasteiger partial charge on any atom is -0.258 e. The van der Waals surface area contributed by atoms with Crippen LogP contribution in [-0.2, 0) is 10.0 Å². The normalized spacial score (nSPS) is 11.4. The molecule has 0 saturated heterocycles. The van der Waals surface area contributed by atoms with Crippen LogP contribution >= 0.6 is 23.2 Å². The van der Waals surface area contributed by atoms with Gasteiger partial charge in [-0.05, 0) is 0 Å². The number of nitro groups is 1. The number of nitrogens with two attached hydrogens (primary N) is 1. The van der Waals surface area contributed by atoms with E-state index >= 15 is 0 Å². The molecule has 0 heterocycles. The Morgan fingerprint density at radius 1 is 1.33 bits per heavy atom. The van der Waals surface area contributed by atoms with Crippen molar-refractivity contribution in [3.8, 4) is 0 Å². The first-order chi connectivity index (χ1) is 6.73. The van der Waals surface area contributed by atoms with Gasteiger partial charge in [-0.15, -0.1) is 0 Å². The lowest BCUT2D eigenvalue weighted by Gasteiger charge is -2.03. The fourth-order valence-electron chi connectivity index (χ4n) is 0.863. The Bertz CT molecular complexity index is 528. The number of primary sulfonamides is 1. The molecule has 1 rings (SSSR count). The quantitative estimate of drug-likeness (QED) is 0.650. The maximum atomic E-state index is 11.0. The molecule has 6 nitrogen and oxygen atoms in total. The van der Waals surface area contributed by atoms with Crippen molar-refractivity contribution in [2.75, 3.05) is 0 Å². The zero-order chi connectivity index (χ0) is 11.8. The van der Waals surface area contributed by atoms with Gasteiger partial charge in [0.15, 0.2) is 0 Å². The SMILES string of the molecule is NS(=O)(=O)c1cc([N+](=O)[O-])cc(Cl)c1Cl. The van der Waals surface area contributed by atoms with E-state index in [4.69, 9.17) is 28.3 Å². The molecule has 1 aromatic carbocycles. The number of hydrogen-bond donors (Lipinski definition) is 1. The maximum Gasteiger partial charge on any atom is 0.272 e. The smallest absolute Gasteiger partial charge is 0.258 e. The highest BCUT2D eigenvalue weighted by atomic mass is 35.5. The van der Waals surface area contributed by atoms with E-state index in [0.717, 1.165) is 12.1 Å². The van der Waals surface area contributed by atoms with E-state index in [9.17, 15) is 18.5 Å². The largest absolute Gasteiger partial charge is 0.272 e. The Labute approximate surface area is 94.8 Å². The molecule has 0 saturated carbocycles. The summed E-state index contributed by atoms with van der Waals surface area (Å²) in [6, 6.07) is 1.70. The average molecular weight is 271 g/mol. The fourth-order valence-corrected chi connectivity index (χ4v) is 2.21. The van der Waals surface area contributed by atoms with Crippen molar-refractivity contribution in [1.29, 1.82) is 0 Å². The highest BCUT2D eigenvalue weighted by Gasteiger charge is 2.21. The minimum absolute atomic E-state index is 0.241. The van der Waals surface area contributed by atoms with Crippen LogP contribution in [0.2, 0.25) is 10.0 Å². The molecule has 82 valence electrons. The Hall–Kier alpha value is -0.890. The minimum atomic E-state index is -4.13. The van der Waals surface area contributed by atoms with E-state index in [-0.39, 0.29) is 10.0 Å². The highest BCUT2D eigenvalue weighted by Crippen LogP contribution is 2.32. The van der Waals surface area contributed by atoms with Crippen LogP contribution in [-0.4, -0.2) is 13.3 Å². The molecule has 15 heavy (non-hydrogen) atoms. The fraction of sp³-hybridized carbons (Fsp3) is 0. The molecular formula is C6H4Cl2N2O4S. The lowest BCUT2D eigenvalue weighted by molar-refractivity contribution is -0.385. The zero-order valence-corrected chi connectivity index (χ0v) is 9.30. The molecule has 1 aromatic rings. The standard InChI is InChI=1S/C6H4Cl2N2O4S/c7-4-1-3(10(11)12)2-5(6(4)8)15(9,13)14/h1-2H,(H2,9,13,14). The summed E-state index contributed by atoms with van der Waals surface area (Å²) in [6.07, 6.45) is 0. The lowest BCUT2D eigenvalue weighted by atomic mass is 10.3. The van der Waals surface area contributed by atoms with Crippen LogP contribution in [0.3, 0.4) is 0 Å². The molecule has 0 aliphatic heterocycles. The second-order valence-corrected chi connectivity index (χ2v) is 4.86. The van der Waals surface area contributed by atoms with E-state index in [1.165, 1.54) is 0 Å². The molecule has 0 amide bonds. The van der Waals surface area contributed by atoms with Crippen molar-refractivity contribution in [3.63, 3.8) is 0 Å². The van der Waals surface area contributed by atoms with Gasteiger partial charge >= 0.3 is 0 Å². The summed E-state index contributed by atoms with van der Waals surface area (Å²) >= 11 is 11.1. The Balaban J connectivity index is 3.59. The number of sulfonamides is 1. The van der Waals surface area contributed by atoms with E-state index < -0.39 is 25.5 Å². The summed E-state index contributed by atoms with van der Waals surface area (Å²) in [5, 5.41) is 14.6. The molecule has 0 fully saturated rings. The van der Waals surface area contributed by atoms with Gasteiger partial charge in [-0.25, -0.2) is 13.6 Å². The topological polar surface area (TPSA) is 103 Å². The molecule has 0 spiro atoms. The third kappa shape index (κ3) is 2.57. The molecule has 0 bridgehead atoms. The predicted molar refractivity (Wildman–Crippen MR) is 54.5 cm³/mol. The molecule has 0 unspecified atom stereocenters. The lowest BCUT2D eigenvalue weighted by Crippen LogP contribution is -2.13. The Kier molecular flexibility index (Phi) is 3.19. The molecule has 0 aliphatic rings. The summed E-state index contributed by atoms with van der Waals surface area (Å²) < 4.78 is 22.0. The third-order valence-electron chi connectivity index (χ3n) is 1.50. The van der Waals surface area contributed by atoms with Gasteiger partial charge in [-0.2, -0.15) is 0 Å². The predicted octanol–water partition coefficient (Wildman–Crippen LogP) is 1.55. The number of nitrogens with zero attached hydrogens (tertiary/aromatic N) is 1. The van der Waals surface area contributed by atoms with Crippen molar-refractivity contribution >= 4 is 38.9 Å². The Morgan fingerprint density at radius 2 is 1.87 bits per heavy atom. The number of hydrogen-bond acceptors (Lipinski definition) is 4. The van der Waals surface area contributed by atoms with Crippen molar-refractivity contribution in [2.45, 2.75) is 4.90 Å². The molecule has 9 heteroatoms. The van der Waals surface area contributed by atoms with Crippen molar-refractivity contribution in [3.05, 3.63) is 32.3 Å². The maximum absolute atomic E-state index is 11.0. The van der Waals surface area contributed by atoms with Crippen LogP contribution in [0.1, 0.15) is 0 Å². The van der Waals surface area contributed by atoms with Crippen LogP contribution < -0.4 is 5.14 Å². The first-order valence-electron chi connectivity index (χ1n) is 3.39. The van der Waals surface area contributed by atoms with Gasteiger partial charge in [-0.3, -0.25) is 10.1 Å². The first-order valence-corrected chi connectivity index (χ1v) is 5.70. The summed E-state index contributed by atoms with van der Waals surface area (Å²) in [4.78, 5) is 9.05. The van der Waals surface area contributed by atoms with E-state index in [0.29, 0.717) is 0 Å². The van der Waals surface area contributed by atoms with Crippen LogP contribution in [0.4, 0.5) is 5.69 Å². The van der Waals surface area contributed by atoms with Gasteiger partial charge in [-0.1, -0.05) is 23.2 Å². The number of halogens is 2. The zero-order valence-electron chi connectivity index (χ0n) is 6.98. The van der Waals surface area contributed by atoms with Gasteiger partial charge in [0.1, 0.15) is 4.90 Å². The van der Waals surface area contributed by atoms with E-state index in [1.807, 2.05) is 0 Å². The number of non-ortho nitro benzene ring substituents is 1. The van der Waals surface area contributed by atoms with Crippen LogP contribution in [0, 0.1) is 10.1 Å². The van der Waals surface area contributed by atoms with Gasteiger partial charge < -0.3 is 0 Å². The number of nitro benzene ring substituents is 1. The van der Waals surface area contributed by atoms with E-state index in [2.05, 4.69) is 0 Å². The summed E-state index contributed by atoms with van der Waals surface area (Å²) in [5.41, 5.74) is -0.492. The molecule has 0 aromatic heterocycles. The van der Waals surface area contributed by atoms with Crippen LogP contribution in [0.25, 0.3) is 0 Å². The van der Waals surface area contributed by atoms with Gasteiger partial charge in [0.25, 0.3) is 5.69 Å². The van der Waals surface area contributed by atoms with Crippen molar-refractivity contribution in [2.24, 2.45) is 5.14 Å². The summed E-state index contributed by atoms with van der Waals surface area (Å²) in [7, 11) is -4.13. The van der Waals surface area contributed by atoms with Gasteiger partial charge in [0.05, 0.1) is 15.0 Å². The van der Waals surface area contributed by atoms with Gasteiger partial charge in [0, 0.05) is 12.1 Å². The molecule has 2 N–H and O–H groups in total. The number of rotatable bonds is 2. The molecule has 0 atom stereocenters. The molecule has 0 radical (unpaired) electrons. The second kappa shape index (κ2) is 3.93. The molecular weight excluding hydrogens is 267 g/mol. The monoisotopic (exact) mass is 270 g/mol. The van der Waals surface area contributed by atoms with E-state index in [1.54, 1.807) is 0 Å². The van der Waals surface area contributed by atoms with Crippen LogP contribution in [0.15, 0.2) is 17.0 Å². The Morgan fingerprint density at radius 3 is 2.27 bits per heavy atom. The molecule has 0 aliphatic carbocycles. The summed E-state index contributed by atoms with van der Waals surface area (Å²) in [5.74, 6) is 0. The first kappa shape index (κ1) is 12.2. The second-order valence-electron chi connectivity index (χ2n) is 2.54. The summed E-state index contributed by atoms with van der Waals surface area (Å²) in [6.45, 7) is 0. The highest BCUT2D eigenvalue weighted by molar-refractivity contribution is 7.89. The van der Waals surface area contributed by atoms with Gasteiger partial charge in [0.2, 0.25) is 10.0 Å². The average Bonchev–Trinajstić information content (AvgIpc) is 2.06. The third-order valence-corrected chi connectivity index (χ3v) is 3.35. The van der Waals surface area contributed by atoms with Crippen molar-refractivity contribution < 1.29 is 13.3 Å². The van der Waals surface area contributed by atoms with Crippen LogP contribution in [0.5, 0.6) is 0 Å².